The van der Waals surface area contributed by atoms with Gasteiger partial charge in [0.25, 0.3) is 0 Å². The topological polar surface area (TPSA) is 19.9 Å². The lowest BCUT2D eigenvalue weighted by Gasteiger charge is -1.61. The van der Waals surface area contributed by atoms with Gasteiger partial charge in [-0.3, -0.25) is 5.11 Å². The highest BCUT2D eigenvalue weighted by molar-refractivity contribution is 14.1. The summed E-state index contributed by atoms with van der Waals surface area (Å²) in [5, 5.41) is 9.37. The average molecular weight is 187 g/mol. The molecule has 0 spiro atoms. The summed E-state index contributed by atoms with van der Waals surface area (Å²) in [6.45, 7) is 0. The maximum atomic E-state index is 10.6. The van der Waals surface area contributed by atoms with Crippen LogP contribution in [0.1, 0.15) is 0 Å². The summed E-state index contributed by atoms with van der Waals surface area (Å²) in [5.41, 5.74) is 0. The summed E-state index contributed by atoms with van der Waals surface area (Å²) in [7, 11) is 0. The minimum atomic E-state index is -0.567. The minimum absolute atomic E-state index is 0.0144. The van der Waals surface area contributed by atoms with E-state index in [1.165, 1.54) is 22.6 Å². The van der Waals surface area contributed by atoms with Crippen LogP contribution in [0.4, 0.5) is 4.39 Å². The van der Waals surface area contributed by atoms with Crippen LogP contribution in [-0.4, -0.2) is 0 Å². The van der Waals surface area contributed by atoms with Gasteiger partial charge in [0.2, 0.25) is 3.77 Å². The first kappa shape index (κ1) is 5.20. The van der Waals surface area contributed by atoms with Crippen molar-refractivity contribution in [2.75, 3.05) is 0 Å². The molecule has 0 rings (SSSR count). The lowest BCUT2D eigenvalue weighted by molar-refractivity contribution is 0.335. The van der Waals surface area contributed by atoms with Crippen molar-refractivity contribution >= 4 is 22.6 Å². The summed E-state index contributed by atoms with van der Waals surface area (Å²) < 4.78 is 10.1. The van der Waals surface area contributed by atoms with Crippen molar-refractivity contribution < 1.29 is 9.50 Å². The molecule has 3 heteroatoms. The second-order valence-corrected chi connectivity index (χ2v) is 1.48. The quantitative estimate of drug-likeness (QED) is 0.405. The van der Waals surface area contributed by atoms with E-state index in [-0.39, 0.29) is 6.33 Å². The Hall–Kier alpha value is 0.200. The summed E-state index contributed by atoms with van der Waals surface area (Å²) in [6, 6.07) is 0. The van der Waals surface area contributed by atoms with Crippen molar-refractivity contribution in [2.45, 2.75) is 0 Å². The molecule has 0 aromatic rings. The van der Waals surface area contributed by atoms with Crippen LogP contribution in [0.2, 0.25) is 0 Å². The molecule has 0 N–H and O–H groups in total. The molecule has 0 atom stereocenters. The van der Waals surface area contributed by atoms with Gasteiger partial charge in [-0.15, -0.1) is 0 Å². The van der Waals surface area contributed by atoms with E-state index < -0.39 is 3.77 Å². The molecule has 0 saturated carbocycles. The van der Waals surface area contributed by atoms with E-state index >= 15 is 0 Å². The highest BCUT2D eigenvalue weighted by atomic mass is 127. The standard InChI is InChI=1S/C2HFIO/c3-1-2(4)5/h1H/b2-1+. The van der Waals surface area contributed by atoms with Crippen LogP contribution in [0, 0.1) is 0 Å². The highest BCUT2D eigenvalue weighted by Gasteiger charge is 1.76. The van der Waals surface area contributed by atoms with Gasteiger partial charge in [0.15, 0.2) is 0 Å². The zero-order chi connectivity index (χ0) is 4.28. The van der Waals surface area contributed by atoms with E-state index in [0.717, 1.165) is 0 Å². The second-order valence-electron chi connectivity index (χ2n) is 0.413. The van der Waals surface area contributed by atoms with Crippen molar-refractivity contribution in [3.63, 3.8) is 0 Å². The molecule has 0 aliphatic rings. The highest BCUT2D eigenvalue weighted by Crippen LogP contribution is 1.98. The van der Waals surface area contributed by atoms with E-state index in [2.05, 4.69) is 0 Å². The fraction of sp³-hybridized carbons (Fsp3) is 0. The van der Waals surface area contributed by atoms with Crippen LogP contribution < -0.4 is 0 Å². The van der Waals surface area contributed by atoms with E-state index in [9.17, 15) is 9.50 Å². The van der Waals surface area contributed by atoms with Gasteiger partial charge in [0.05, 0.1) is 0 Å². The molecule has 0 unspecified atom stereocenters. The maximum Gasteiger partial charge on any atom is 0.243 e. The van der Waals surface area contributed by atoms with E-state index in [0.29, 0.717) is 0 Å². The van der Waals surface area contributed by atoms with Crippen LogP contribution >= 0.6 is 22.6 Å². The third-order valence-electron chi connectivity index (χ3n) is 0.0858. The average Bonchev–Trinajstić information content (AvgIpc) is 1.38. The Morgan fingerprint density at radius 3 is 2.20 bits per heavy atom. The van der Waals surface area contributed by atoms with Gasteiger partial charge in [0, 0.05) is 22.6 Å². The molecule has 1 radical (unpaired) electrons. The van der Waals surface area contributed by atoms with Gasteiger partial charge in [-0.05, 0) is 0 Å². The summed E-state index contributed by atoms with van der Waals surface area (Å²) in [4.78, 5) is 0. The monoisotopic (exact) mass is 187 g/mol. The van der Waals surface area contributed by atoms with Crippen LogP contribution in [0.3, 0.4) is 0 Å². The molecule has 0 aromatic carbocycles. The zero-order valence-electron chi connectivity index (χ0n) is 2.24. The van der Waals surface area contributed by atoms with Crippen LogP contribution in [0.25, 0.3) is 0 Å². The molecular formula is C2HFIO. The Morgan fingerprint density at radius 2 is 2.20 bits per heavy atom. The van der Waals surface area contributed by atoms with E-state index in [4.69, 9.17) is 0 Å². The summed E-state index contributed by atoms with van der Waals surface area (Å²) >= 11 is 1.34. The molecule has 5 heavy (non-hydrogen) atoms. The molecule has 0 aromatic heterocycles. The Labute approximate surface area is 42.6 Å². The first-order valence-electron chi connectivity index (χ1n) is 0.900. The van der Waals surface area contributed by atoms with Crippen molar-refractivity contribution in [1.82, 2.24) is 0 Å². The molecule has 1 nitrogen and oxygen atoms in total. The van der Waals surface area contributed by atoms with E-state index in [1.807, 2.05) is 0 Å². The van der Waals surface area contributed by atoms with Crippen LogP contribution in [0.15, 0.2) is 10.1 Å². The van der Waals surface area contributed by atoms with Gasteiger partial charge < -0.3 is 0 Å². The normalized spacial score (nSPS) is 12.0. The molecule has 0 amide bonds. The molecule has 0 bridgehead atoms. The smallest absolute Gasteiger partial charge is 0.243 e. The fourth-order valence-electron chi connectivity index (χ4n) is 0. The summed E-state index contributed by atoms with van der Waals surface area (Å²) in [5.74, 6) is 0. The van der Waals surface area contributed by atoms with Crippen molar-refractivity contribution in [2.24, 2.45) is 0 Å². The molecular weight excluding hydrogens is 186 g/mol. The molecule has 0 saturated heterocycles. The third kappa shape index (κ3) is 4.20. The Bertz CT molecular complexity index is 47.6. The van der Waals surface area contributed by atoms with Crippen molar-refractivity contribution in [3.8, 4) is 0 Å². The molecule has 0 fully saturated rings. The van der Waals surface area contributed by atoms with Gasteiger partial charge in [0.1, 0.15) is 6.33 Å². The summed E-state index contributed by atoms with van der Waals surface area (Å²) in [6.07, 6.45) is 0.0144. The lowest BCUT2D eigenvalue weighted by atomic mass is 11.1. The Kier molecular flexibility index (Phi) is 2.54. The SMILES string of the molecule is [O]/C(I)=C/F. The fourth-order valence-corrected chi connectivity index (χ4v) is 0. The largest absolute Gasteiger partial charge is 0.280 e. The van der Waals surface area contributed by atoms with Crippen LogP contribution in [-0.2, 0) is 5.11 Å². The predicted octanol–water partition coefficient (Wildman–Crippen LogP) is 1.62. The maximum absolute atomic E-state index is 10.6. The second kappa shape index (κ2) is 2.44. The zero-order valence-corrected chi connectivity index (χ0v) is 4.40. The molecule has 0 aliphatic carbocycles. The Balaban J connectivity index is 3.14. The van der Waals surface area contributed by atoms with Gasteiger partial charge in [-0.25, -0.2) is 4.39 Å². The number of halogens is 2. The number of hydrogen-bond acceptors (Lipinski definition) is 0. The van der Waals surface area contributed by atoms with Gasteiger partial charge in [-0.1, -0.05) is 0 Å². The van der Waals surface area contributed by atoms with Crippen molar-refractivity contribution in [1.29, 1.82) is 0 Å². The molecule has 0 aliphatic heterocycles. The minimum Gasteiger partial charge on any atom is -0.280 e. The predicted molar refractivity (Wildman–Crippen MR) is 23.9 cm³/mol. The van der Waals surface area contributed by atoms with Crippen LogP contribution in [0.5, 0.6) is 0 Å². The van der Waals surface area contributed by atoms with Gasteiger partial charge in [-0.2, -0.15) is 0 Å². The molecule has 29 valence electrons. The first-order valence-corrected chi connectivity index (χ1v) is 1.98. The van der Waals surface area contributed by atoms with E-state index in [1.54, 1.807) is 0 Å². The number of rotatable bonds is 0. The number of hydrogen-bond donors (Lipinski definition) is 0. The third-order valence-corrected chi connectivity index (χ3v) is 0.321. The first-order chi connectivity index (χ1) is 2.27. The van der Waals surface area contributed by atoms with Gasteiger partial charge >= 0.3 is 0 Å². The Morgan fingerprint density at radius 1 is 2.00 bits per heavy atom. The van der Waals surface area contributed by atoms with Crippen molar-refractivity contribution in [3.05, 3.63) is 10.1 Å². The lowest BCUT2D eigenvalue weighted by Crippen LogP contribution is -1.47. The molecule has 0 heterocycles.